The normalized spacial score (nSPS) is 12.7. The molecule has 0 unspecified atom stereocenters. The van der Waals surface area contributed by atoms with Crippen LogP contribution in [0.1, 0.15) is 22.3 Å². The SMILES string of the molecule is COC(=O)COc1ccc(C2(c3ccc(OCC(=O)OC)cc3)c3ccccc3-c3ccccc32)cc1. The first-order valence-electron chi connectivity index (χ1n) is 11.9. The molecule has 0 saturated carbocycles. The van der Waals surface area contributed by atoms with Crippen molar-refractivity contribution in [2.24, 2.45) is 0 Å². The number of benzene rings is 4. The molecular formula is C31H26O6. The Balaban J connectivity index is 1.62. The van der Waals surface area contributed by atoms with Crippen molar-refractivity contribution in [2.75, 3.05) is 27.4 Å². The van der Waals surface area contributed by atoms with Crippen LogP contribution in [0, 0.1) is 0 Å². The van der Waals surface area contributed by atoms with Gasteiger partial charge in [-0.2, -0.15) is 0 Å². The van der Waals surface area contributed by atoms with Crippen LogP contribution in [-0.4, -0.2) is 39.4 Å². The van der Waals surface area contributed by atoms with E-state index in [4.69, 9.17) is 9.47 Å². The van der Waals surface area contributed by atoms with Gasteiger partial charge < -0.3 is 18.9 Å². The van der Waals surface area contributed by atoms with Crippen LogP contribution in [0.25, 0.3) is 11.1 Å². The van der Waals surface area contributed by atoms with Crippen LogP contribution in [0.15, 0.2) is 97.1 Å². The van der Waals surface area contributed by atoms with Gasteiger partial charge in [0.25, 0.3) is 0 Å². The number of carbonyl (C=O) groups is 2. The smallest absolute Gasteiger partial charge is 0.343 e. The standard InChI is InChI=1S/C31H26O6/c1-34-29(32)19-36-23-15-11-21(12-16-23)31(22-13-17-24(18-14-22)37-20-30(33)35-2)27-9-5-3-7-25(27)26-8-4-6-10-28(26)31/h3-18H,19-20H2,1-2H3. The van der Waals surface area contributed by atoms with Gasteiger partial charge in [-0.05, 0) is 57.6 Å². The molecule has 0 amide bonds. The van der Waals surface area contributed by atoms with Gasteiger partial charge in [-0.3, -0.25) is 0 Å². The third-order valence-electron chi connectivity index (χ3n) is 6.70. The lowest BCUT2D eigenvalue weighted by Gasteiger charge is -2.34. The molecule has 0 spiro atoms. The molecule has 1 aliphatic carbocycles. The minimum Gasteiger partial charge on any atom is -0.482 e. The summed E-state index contributed by atoms with van der Waals surface area (Å²) < 4.78 is 20.5. The van der Waals surface area contributed by atoms with Crippen LogP contribution in [0.4, 0.5) is 0 Å². The summed E-state index contributed by atoms with van der Waals surface area (Å²) in [5.74, 6) is 0.285. The number of carbonyl (C=O) groups excluding carboxylic acids is 2. The molecule has 5 rings (SSSR count). The summed E-state index contributed by atoms with van der Waals surface area (Å²) in [6.07, 6.45) is 0. The molecule has 0 aliphatic heterocycles. The fourth-order valence-corrected chi connectivity index (χ4v) is 5.03. The summed E-state index contributed by atoms with van der Waals surface area (Å²) in [5, 5.41) is 0. The second-order valence-electron chi connectivity index (χ2n) is 8.62. The number of ether oxygens (including phenoxy) is 4. The summed E-state index contributed by atoms with van der Waals surface area (Å²) in [6.45, 7) is -0.306. The molecule has 0 bridgehead atoms. The Morgan fingerprint density at radius 3 is 1.32 bits per heavy atom. The number of hydrogen-bond acceptors (Lipinski definition) is 6. The molecule has 1 aliphatic rings. The summed E-state index contributed by atoms with van der Waals surface area (Å²) in [5.41, 5.74) is 6.21. The van der Waals surface area contributed by atoms with Gasteiger partial charge in [0, 0.05) is 0 Å². The number of fused-ring (bicyclic) bond motifs is 3. The van der Waals surface area contributed by atoms with Crippen LogP contribution < -0.4 is 9.47 Å². The van der Waals surface area contributed by atoms with Crippen LogP contribution >= 0.6 is 0 Å². The minimum atomic E-state index is -0.588. The maximum absolute atomic E-state index is 11.5. The van der Waals surface area contributed by atoms with E-state index < -0.39 is 17.4 Å². The second kappa shape index (κ2) is 10.2. The van der Waals surface area contributed by atoms with Crippen molar-refractivity contribution >= 4 is 11.9 Å². The zero-order chi connectivity index (χ0) is 25.8. The van der Waals surface area contributed by atoms with Gasteiger partial charge in [0.1, 0.15) is 11.5 Å². The summed E-state index contributed by atoms with van der Waals surface area (Å²) in [6, 6.07) is 32.5. The molecular weight excluding hydrogens is 468 g/mol. The molecule has 4 aromatic rings. The minimum absolute atomic E-state index is 0.153. The average molecular weight is 495 g/mol. The highest BCUT2D eigenvalue weighted by Gasteiger charge is 2.45. The van der Waals surface area contributed by atoms with Gasteiger partial charge in [-0.1, -0.05) is 72.8 Å². The van der Waals surface area contributed by atoms with Crippen molar-refractivity contribution in [1.82, 2.24) is 0 Å². The average Bonchev–Trinajstić information content (AvgIpc) is 3.26. The first-order valence-corrected chi connectivity index (χ1v) is 11.9. The van der Waals surface area contributed by atoms with Gasteiger partial charge >= 0.3 is 11.9 Å². The van der Waals surface area contributed by atoms with E-state index in [1.807, 2.05) is 48.5 Å². The Kier molecular flexibility index (Phi) is 6.64. The summed E-state index contributed by atoms with van der Waals surface area (Å²) >= 11 is 0. The van der Waals surface area contributed by atoms with Crippen LogP contribution in [0.5, 0.6) is 11.5 Å². The molecule has 6 heteroatoms. The highest BCUT2D eigenvalue weighted by Crippen LogP contribution is 2.56. The Hall–Kier alpha value is -4.58. The van der Waals surface area contributed by atoms with Crippen LogP contribution in [-0.2, 0) is 24.5 Å². The lowest BCUT2D eigenvalue weighted by molar-refractivity contribution is -0.143. The zero-order valence-electron chi connectivity index (χ0n) is 20.6. The Morgan fingerprint density at radius 2 is 0.946 bits per heavy atom. The van der Waals surface area contributed by atoms with E-state index in [2.05, 4.69) is 58.0 Å². The Morgan fingerprint density at radius 1 is 0.568 bits per heavy atom. The van der Waals surface area contributed by atoms with E-state index in [-0.39, 0.29) is 13.2 Å². The van der Waals surface area contributed by atoms with Crippen molar-refractivity contribution in [1.29, 1.82) is 0 Å². The molecule has 6 nitrogen and oxygen atoms in total. The van der Waals surface area contributed by atoms with E-state index in [1.54, 1.807) is 0 Å². The third kappa shape index (κ3) is 4.31. The first kappa shape index (κ1) is 24.1. The second-order valence-corrected chi connectivity index (χ2v) is 8.62. The number of methoxy groups -OCH3 is 2. The molecule has 0 heterocycles. The van der Waals surface area contributed by atoms with E-state index in [0.717, 1.165) is 11.1 Å². The Bertz CT molecular complexity index is 1310. The maximum atomic E-state index is 11.5. The van der Waals surface area contributed by atoms with Gasteiger partial charge in [0.2, 0.25) is 0 Å². The molecule has 0 saturated heterocycles. The lowest BCUT2D eigenvalue weighted by Crippen LogP contribution is -2.28. The van der Waals surface area contributed by atoms with Crippen LogP contribution in [0.2, 0.25) is 0 Å². The molecule has 37 heavy (non-hydrogen) atoms. The molecule has 0 aromatic heterocycles. The number of esters is 2. The van der Waals surface area contributed by atoms with Gasteiger partial charge in [-0.15, -0.1) is 0 Å². The van der Waals surface area contributed by atoms with Crippen LogP contribution in [0.3, 0.4) is 0 Å². The molecule has 0 radical (unpaired) electrons. The summed E-state index contributed by atoms with van der Waals surface area (Å²) in [4.78, 5) is 23.0. The van der Waals surface area contributed by atoms with E-state index in [1.165, 1.54) is 36.5 Å². The number of rotatable bonds is 8. The van der Waals surface area contributed by atoms with Gasteiger partial charge in [0.15, 0.2) is 13.2 Å². The third-order valence-corrected chi connectivity index (χ3v) is 6.70. The molecule has 4 aromatic carbocycles. The molecule has 0 N–H and O–H groups in total. The van der Waals surface area contributed by atoms with Crippen molar-refractivity contribution in [2.45, 2.75) is 5.41 Å². The highest BCUT2D eigenvalue weighted by molar-refractivity contribution is 5.86. The van der Waals surface area contributed by atoms with Crippen molar-refractivity contribution in [3.8, 4) is 22.6 Å². The predicted octanol–water partition coefficient (Wildman–Crippen LogP) is 5.15. The van der Waals surface area contributed by atoms with Crippen molar-refractivity contribution in [3.63, 3.8) is 0 Å². The number of hydrogen-bond donors (Lipinski definition) is 0. The van der Waals surface area contributed by atoms with E-state index in [0.29, 0.717) is 11.5 Å². The monoisotopic (exact) mass is 494 g/mol. The largest absolute Gasteiger partial charge is 0.482 e. The van der Waals surface area contributed by atoms with Crippen molar-refractivity contribution < 1.29 is 28.5 Å². The lowest BCUT2D eigenvalue weighted by atomic mass is 9.68. The summed E-state index contributed by atoms with van der Waals surface area (Å²) in [7, 11) is 2.67. The Labute approximate surface area is 215 Å². The van der Waals surface area contributed by atoms with Crippen molar-refractivity contribution in [3.05, 3.63) is 119 Å². The van der Waals surface area contributed by atoms with E-state index in [9.17, 15) is 9.59 Å². The quantitative estimate of drug-likeness (QED) is 0.278. The predicted molar refractivity (Wildman–Crippen MR) is 139 cm³/mol. The fourth-order valence-electron chi connectivity index (χ4n) is 5.03. The molecule has 186 valence electrons. The van der Waals surface area contributed by atoms with E-state index >= 15 is 0 Å². The molecule has 0 fully saturated rings. The van der Waals surface area contributed by atoms with Gasteiger partial charge in [-0.25, -0.2) is 9.59 Å². The van der Waals surface area contributed by atoms with Gasteiger partial charge in [0.05, 0.1) is 19.6 Å². The maximum Gasteiger partial charge on any atom is 0.343 e. The first-order chi connectivity index (χ1) is 18.1. The topological polar surface area (TPSA) is 71.1 Å². The zero-order valence-corrected chi connectivity index (χ0v) is 20.6. The highest BCUT2D eigenvalue weighted by atomic mass is 16.6. The molecule has 0 atom stereocenters. The fraction of sp³-hybridized carbons (Fsp3) is 0.161.